The molecule has 0 aliphatic heterocycles. The molecule has 0 saturated carbocycles. The van der Waals surface area contributed by atoms with Gasteiger partial charge in [0.1, 0.15) is 5.75 Å². The molecule has 0 radical (unpaired) electrons. The van der Waals surface area contributed by atoms with Gasteiger partial charge in [-0.3, -0.25) is 4.79 Å². The Balaban J connectivity index is 1.96. The van der Waals surface area contributed by atoms with Gasteiger partial charge in [0.05, 0.1) is 20.9 Å². The second kappa shape index (κ2) is 9.93. The molecule has 8 heteroatoms. The molecule has 0 bridgehead atoms. The molecule has 0 aliphatic carbocycles. The molecule has 144 valence electrons. The van der Waals surface area contributed by atoms with Crippen LogP contribution in [-0.2, 0) is 4.79 Å². The Hall–Kier alpha value is -1.81. The first kappa shape index (κ1) is 21.5. The van der Waals surface area contributed by atoms with Gasteiger partial charge in [-0.05, 0) is 94.2 Å². The molecule has 0 aliphatic rings. The summed E-state index contributed by atoms with van der Waals surface area (Å²) in [6.07, 6.45) is 1.48. The van der Waals surface area contributed by atoms with E-state index < -0.39 is 0 Å². The number of phenols is 1. The zero-order chi connectivity index (χ0) is 20.0. The Morgan fingerprint density at radius 3 is 2.70 bits per heavy atom. The van der Waals surface area contributed by atoms with Gasteiger partial charge < -0.3 is 14.6 Å². The van der Waals surface area contributed by atoms with Gasteiger partial charge in [0.2, 0.25) is 0 Å². The Morgan fingerprint density at radius 2 is 2.04 bits per heavy atom. The second-order valence-corrected chi connectivity index (χ2v) is 7.77. The quantitative estimate of drug-likeness (QED) is 0.308. The molecule has 2 aromatic carbocycles. The highest BCUT2D eigenvalue weighted by Crippen LogP contribution is 2.32. The van der Waals surface area contributed by atoms with E-state index in [4.69, 9.17) is 9.47 Å². The van der Waals surface area contributed by atoms with Crippen LogP contribution in [0.1, 0.15) is 23.6 Å². The summed E-state index contributed by atoms with van der Waals surface area (Å²) in [6.45, 7) is 6.03. The van der Waals surface area contributed by atoms with Gasteiger partial charge in [0.25, 0.3) is 5.91 Å². The van der Waals surface area contributed by atoms with Gasteiger partial charge in [-0.2, -0.15) is 5.10 Å². The monoisotopic (exact) mass is 546 g/mol. The highest BCUT2D eigenvalue weighted by Gasteiger charge is 2.10. The number of aryl methyl sites for hydroxylation is 2. The highest BCUT2D eigenvalue weighted by molar-refractivity contribution is 14.1. The van der Waals surface area contributed by atoms with Gasteiger partial charge in [-0.25, -0.2) is 5.43 Å². The predicted molar refractivity (Wildman–Crippen MR) is 117 cm³/mol. The number of nitrogens with zero attached hydrogens (tertiary/aromatic N) is 1. The smallest absolute Gasteiger partial charge is 0.277 e. The normalized spacial score (nSPS) is 10.9. The Kier molecular flexibility index (Phi) is 7.91. The zero-order valence-corrected chi connectivity index (χ0v) is 18.9. The highest BCUT2D eigenvalue weighted by atomic mass is 127. The van der Waals surface area contributed by atoms with Crippen molar-refractivity contribution in [3.8, 4) is 17.2 Å². The van der Waals surface area contributed by atoms with Crippen LogP contribution in [0, 0.1) is 17.4 Å². The largest absolute Gasteiger partial charge is 0.504 e. The van der Waals surface area contributed by atoms with Crippen molar-refractivity contribution in [2.24, 2.45) is 5.10 Å². The third kappa shape index (κ3) is 6.10. The first-order valence-corrected chi connectivity index (χ1v) is 10.1. The average molecular weight is 547 g/mol. The summed E-state index contributed by atoms with van der Waals surface area (Å²) in [7, 11) is 0. The number of halogens is 2. The van der Waals surface area contributed by atoms with Crippen LogP contribution >= 0.6 is 38.5 Å². The topological polar surface area (TPSA) is 80.2 Å². The molecule has 2 rings (SSSR count). The van der Waals surface area contributed by atoms with Crippen LogP contribution in [-0.4, -0.2) is 30.4 Å². The fourth-order valence-electron chi connectivity index (χ4n) is 2.37. The molecule has 6 nitrogen and oxygen atoms in total. The molecule has 1 amide bonds. The fraction of sp³-hybridized carbons (Fsp3) is 0.263. The molecule has 0 saturated heterocycles. The van der Waals surface area contributed by atoms with Crippen molar-refractivity contribution >= 4 is 50.6 Å². The number of carbonyl (C=O) groups excluding carboxylic acids is 1. The molecule has 2 N–H and O–H groups in total. The summed E-state index contributed by atoms with van der Waals surface area (Å²) in [4.78, 5) is 12.0. The number of rotatable bonds is 7. The van der Waals surface area contributed by atoms with Gasteiger partial charge in [0, 0.05) is 0 Å². The maximum atomic E-state index is 12.0. The molecule has 0 heterocycles. The van der Waals surface area contributed by atoms with E-state index in [1.165, 1.54) is 6.21 Å². The lowest BCUT2D eigenvalue weighted by molar-refractivity contribution is -0.123. The van der Waals surface area contributed by atoms with E-state index in [2.05, 4.69) is 26.5 Å². The minimum atomic E-state index is -0.378. The van der Waals surface area contributed by atoms with E-state index in [-0.39, 0.29) is 18.3 Å². The van der Waals surface area contributed by atoms with Crippen LogP contribution < -0.4 is 14.9 Å². The molecular weight excluding hydrogens is 527 g/mol. The number of benzene rings is 2. The maximum absolute atomic E-state index is 12.0. The lowest BCUT2D eigenvalue weighted by atomic mass is 10.1. The molecule has 0 unspecified atom stereocenters. The lowest BCUT2D eigenvalue weighted by Gasteiger charge is -2.11. The number of aromatic hydroxyl groups is 1. The van der Waals surface area contributed by atoms with Crippen LogP contribution in [0.25, 0.3) is 0 Å². The van der Waals surface area contributed by atoms with E-state index in [1.54, 1.807) is 12.1 Å². The van der Waals surface area contributed by atoms with E-state index in [1.807, 2.05) is 55.5 Å². The molecular formula is C19H20BrIN2O4. The average Bonchev–Trinajstić information content (AvgIpc) is 2.58. The minimum absolute atomic E-state index is 0.0890. The van der Waals surface area contributed by atoms with Crippen molar-refractivity contribution < 1.29 is 19.4 Å². The lowest BCUT2D eigenvalue weighted by Crippen LogP contribution is -2.24. The van der Waals surface area contributed by atoms with Gasteiger partial charge in [-0.1, -0.05) is 6.07 Å². The minimum Gasteiger partial charge on any atom is -0.504 e. The predicted octanol–water partition coefficient (Wildman–Crippen LogP) is 4.30. The number of amides is 1. The number of nitrogens with one attached hydrogen (secondary N) is 1. The van der Waals surface area contributed by atoms with Crippen molar-refractivity contribution in [1.29, 1.82) is 0 Å². The third-order valence-electron chi connectivity index (χ3n) is 3.47. The summed E-state index contributed by atoms with van der Waals surface area (Å²) in [5.74, 6) is 0.720. The van der Waals surface area contributed by atoms with Crippen molar-refractivity contribution in [2.45, 2.75) is 20.8 Å². The Labute approximate surface area is 180 Å². The van der Waals surface area contributed by atoms with Crippen molar-refractivity contribution in [3.63, 3.8) is 0 Å². The SMILES string of the molecule is CCOc1cc(C=NNC(=O)COc2c(C)cc(C)cc2Br)cc(I)c1O. The first-order chi connectivity index (χ1) is 12.8. The molecule has 0 fully saturated rings. The number of carbonyl (C=O) groups is 1. The summed E-state index contributed by atoms with van der Waals surface area (Å²) < 4.78 is 12.4. The maximum Gasteiger partial charge on any atom is 0.277 e. The standard InChI is InChI=1S/C19H20BrIN2O4/c1-4-26-16-8-13(7-15(21)18(16)25)9-22-23-17(24)10-27-19-12(3)5-11(2)6-14(19)20/h5-9,25H,4,10H2,1-3H3,(H,23,24). The first-order valence-electron chi connectivity index (χ1n) is 8.18. The number of hydrazone groups is 1. The summed E-state index contributed by atoms with van der Waals surface area (Å²) in [5, 5.41) is 13.9. The van der Waals surface area contributed by atoms with Crippen molar-refractivity contribution in [3.05, 3.63) is 49.0 Å². The van der Waals surface area contributed by atoms with Crippen LogP contribution in [0.3, 0.4) is 0 Å². The number of hydrogen-bond acceptors (Lipinski definition) is 5. The molecule has 27 heavy (non-hydrogen) atoms. The van der Waals surface area contributed by atoms with E-state index >= 15 is 0 Å². The van der Waals surface area contributed by atoms with E-state index in [0.29, 0.717) is 27.2 Å². The van der Waals surface area contributed by atoms with Crippen molar-refractivity contribution in [2.75, 3.05) is 13.2 Å². The van der Waals surface area contributed by atoms with Gasteiger partial charge >= 0.3 is 0 Å². The molecule has 2 aromatic rings. The fourth-order valence-corrected chi connectivity index (χ4v) is 3.78. The van der Waals surface area contributed by atoms with Crippen molar-refractivity contribution in [1.82, 2.24) is 5.43 Å². The van der Waals surface area contributed by atoms with Crippen LogP contribution in [0.5, 0.6) is 17.2 Å². The van der Waals surface area contributed by atoms with Crippen LogP contribution in [0.4, 0.5) is 0 Å². The van der Waals surface area contributed by atoms with E-state index in [9.17, 15) is 9.90 Å². The molecule has 0 spiro atoms. The summed E-state index contributed by atoms with van der Waals surface area (Å²) in [6, 6.07) is 7.30. The number of phenolic OH excluding ortho intramolecular Hbond substituents is 1. The zero-order valence-electron chi connectivity index (χ0n) is 15.2. The van der Waals surface area contributed by atoms with Gasteiger partial charge in [0.15, 0.2) is 18.1 Å². The summed E-state index contributed by atoms with van der Waals surface area (Å²) >= 11 is 5.45. The van der Waals surface area contributed by atoms with E-state index in [0.717, 1.165) is 15.6 Å². The van der Waals surface area contributed by atoms with Crippen LogP contribution in [0.2, 0.25) is 0 Å². The Bertz CT molecular complexity index is 848. The van der Waals surface area contributed by atoms with Gasteiger partial charge in [-0.15, -0.1) is 0 Å². The molecule has 0 aromatic heterocycles. The third-order valence-corrected chi connectivity index (χ3v) is 4.89. The van der Waals surface area contributed by atoms with Crippen LogP contribution in [0.15, 0.2) is 33.8 Å². The Morgan fingerprint density at radius 1 is 1.30 bits per heavy atom. The molecule has 0 atom stereocenters. The second-order valence-electron chi connectivity index (χ2n) is 5.76. The summed E-state index contributed by atoms with van der Waals surface area (Å²) in [5.41, 5.74) is 5.17. The number of hydrogen-bond donors (Lipinski definition) is 2. The number of ether oxygens (including phenoxy) is 2.